The number of amides is 4. The summed E-state index contributed by atoms with van der Waals surface area (Å²) in [5, 5.41) is 16.9. The number of allylic oxidation sites excluding steroid dienone is 2. The van der Waals surface area contributed by atoms with Gasteiger partial charge in [-0.2, -0.15) is 0 Å². The van der Waals surface area contributed by atoms with Crippen molar-refractivity contribution in [3.8, 4) is 5.75 Å². The van der Waals surface area contributed by atoms with Crippen LogP contribution in [0.25, 0.3) is 0 Å². The molecule has 1 aliphatic carbocycles. The van der Waals surface area contributed by atoms with Gasteiger partial charge in [-0.05, 0) is 41.3 Å². The van der Waals surface area contributed by atoms with E-state index in [2.05, 4.69) is 16.8 Å². The number of ether oxygens (including phenoxy) is 1. The molecule has 2 aromatic rings. The molecule has 0 radical (unpaired) electrons. The van der Waals surface area contributed by atoms with E-state index >= 15 is 0 Å². The van der Waals surface area contributed by atoms with E-state index in [1.807, 2.05) is 42.5 Å². The van der Waals surface area contributed by atoms with Crippen LogP contribution in [-0.4, -0.2) is 118 Å². The first kappa shape index (κ1) is 32.8. The standard InChI is InChI=1S/C35H41ClN6O5/c1-2-14-40-24-33(44)41-31(19-25-8-11-28(43)12-9-25)34(45)39(22-27-10-13-29(36)30(20-27)38-15-17-47-18-16-38)23-32(41)42(40)35(46)37-21-26-6-4-3-5-7-26/h2-13,30-32,43H,1,14-24H2,(H,37,46)/t30?,31-,32-/m0/s1. The third-order valence-electron chi connectivity index (χ3n) is 9.16. The molecule has 1 unspecified atom stereocenters. The third-order valence-corrected chi connectivity index (χ3v) is 9.54. The molecule has 2 N–H and O–H groups in total. The Labute approximate surface area is 280 Å². The minimum atomic E-state index is -0.848. The fourth-order valence-corrected chi connectivity index (χ4v) is 7.11. The lowest BCUT2D eigenvalue weighted by atomic mass is 9.95. The fraction of sp³-hybridized carbons (Fsp3) is 0.400. The fourth-order valence-electron chi connectivity index (χ4n) is 6.83. The molecule has 3 saturated heterocycles. The Morgan fingerprint density at radius 3 is 2.51 bits per heavy atom. The van der Waals surface area contributed by atoms with E-state index in [9.17, 15) is 19.5 Å². The summed E-state index contributed by atoms with van der Waals surface area (Å²) in [5.41, 5.74) is 2.78. The lowest BCUT2D eigenvalue weighted by Crippen LogP contribution is -2.76. The number of hydrogen-bond acceptors (Lipinski definition) is 7. The quantitative estimate of drug-likeness (QED) is 0.398. The summed E-state index contributed by atoms with van der Waals surface area (Å²) in [4.78, 5) is 47.8. The van der Waals surface area contributed by atoms with Crippen molar-refractivity contribution in [2.75, 3.05) is 52.5 Å². The average Bonchev–Trinajstić information content (AvgIpc) is 3.08. The van der Waals surface area contributed by atoms with E-state index in [0.29, 0.717) is 32.7 Å². The Kier molecular flexibility index (Phi) is 10.3. The van der Waals surface area contributed by atoms with Gasteiger partial charge in [0.1, 0.15) is 18.0 Å². The van der Waals surface area contributed by atoms with E-state index in [1.54, 1.807) is 50.2 Å². The van der Waals surface area contributed by atoms with Gasteiger partial charge in [0.2, 0.25) is 11.8 Å². The second kappa shape index (κ2) is 14.7. The maximum absolute atomic E-state index is 14.4. The van der Waals surface area contributed by atoms with Crippen LogP contribution in [0.4, 0.5) is 4.79 Å². The van der Waals surface area contributed by atoms with Gasteiger partial charge in [-0.25, -0.2) is 14.8 Å². The van der Waals surface area contributed by atoms with Gasteiger partial charge in [-0.1, -0.05) is 66.2 Å². The molecule has 248 valence electrons. The largest absolute Gasteiger partial charge is 0.508 e. The van der Waals surface area contributed by atoms with Crippen LogP contribution in [0.2, 0.25) is 0 Å². The smallest absolute Gasteiger partial charge is 0.334 e. The average molecular weight is 661 g/mol. The predicted molar refractivity (Wildman–Crippen MR) is 178 cm³/mol. The molecule has 0 bridgehead atoms. The van der Waals surface area contributed by atoms with Gasteiger partial charge < -0.3 is 25.0 Å². The highest BCUT2D eigenvalue weighted by Gasteiger charge is 2.51. The van der Waals surface area contributed by atoms with Gasteiger partial charge in [-0.15, -0.1) is 6.58 Å². The number of hydrogen-bond donors (Lipinski definition) is 2. The monoisotopic (exact) mass is 660 g/mol. The number of phenols is 1. The molecule has 11 nitrogen and oxygen atoms in total. The van der Waals surface area contributed by atoms with Crippen LogP contribution in [-0.2, 0) is 27.3 Å². The van der Waals surface area contributed by atoms with Crippen LogP contribution in [0.1, 0.15) is 17.5 Å². The van der Waals surface area contributed by atoms with Gasteiger partial charge >= 0.3 is 6.03 Å². The number of rotatable bonds is 9. The summed E-state index contributed by atoms with van der Waals surface area (Å²) < 4.78 is 5.55. The van der Waals surface area contributed by atoms with E-state index < -0.39 is 12.2 Å². The van der Waals surface area contributed by atoms with Crippen molar-refractivity contribution in [3.63, 3.8) is 0 Å². The van der Waals surface area contributed by atoms with Gasteiger partial charge in [-0.3, -0.25) is 14.5 Å². The van der Waals surface area contributed by atoms with Crippen molar-refractivity contribution < 1.29 is 24.2 Å². The van der Waals surface area contributed by atoms with Crippen molar-refractivity contribution in [1.29, 1.82) is 0 Å². The summed E-state index contributed by atoms with van der Waals surface area (Å²) >= 11 is 6.68. The number of aromatic hydroxyl groups is 1. The van der Waals surface area contributed by atoms with Gasteiger partial charge in [0, 0.05) is 50.2 Å². The lowest BCUT2D eigenvalue weighted by molar-refractivity contribution is -0.188. The maximum Gasteiger partial charge on any atom is 0.334 e. The Morgan fingerprint density at radius 1 is 1.04 bits per heavy atom. The van der Waals surface area contributed by atoms with Crippen molar-refractivity contribution in [3.05, 3.63) is 101 Å². The predicted octanol–water partition coefficient (Wildman–Crippen LogP) is 3.08. The number of benzene rings is 2. The highest BCUT2D eigenvalue weighted by molar-refractivity contribution is 6.30. The third kappa shape index (κ3) is 7.38. The summed E-state index contributed by atoms with van der Waals surface area (Å²) in [6, 6.07) is 15.1. The molecule has 4 aliphatic rings. The first-order valence-electron chi connectivity index (χ1n) is 16.0. The Bertz CT molecular complexity index is 1530. The van der Waals surface area contributed by atoms with Crippen LogP contribution in [0.3, 0.4) is 0 Å². The highest BCUT2D eigenvalue weighted by atomic mass is 35.5. The minimum absolute atomic E-state index is 0.00403. The van der Waals surface area contributed by atoms with Gasteiger partial charge in [0.05, 0.1) is 26.3 Å². The van der Waals surface area contributed by atoms with Crippen molar-refractivity contribution in [2.45, 2.75) is 37.6 Å². The van der Waals surface area contributed by atoms with Crippen LogP contribution in [0.5, 0.6) is 5.75 Å². The number of piperazine rings is 1. The molecule has 0 spiro atoms. The summed E-state index contributed by atoms with van der Waals surface area (Å²) in [5.74, 6) is -0.307. The van der Waals surface area contributed by atoms with Crippen molar-refractivity contribution in [2.24, 2.45) is 0 Å². The number of urea groups is 1. The van der Waals surface area contributed by atoms with E-state index in [4.69, 9.17) is 16.3 Å². The molecule has 3 aliphatic heterocycles. The zero-order valence-electron chi connectivity index (χ0n) is 26.3. The molecule has 4 amide bonds. The molecule has 0 saturated carbocycles. The van der Waals surface area contributed by atoms with Crippen LogP contribution in [0.15, 0.2) is 90.0 Å². The highest BCUT2D eigenvalue weighted by Crippen LogP contribution is 2.32. The number of carbonyl (C=O) groups is 3. The molecule has 12 heteroatoms. The number of carbonyl (C=O) groups excluding carboxylic acids is 3. The van der Waals surface area contributed by atoms with Crippen LogP contribution in [0, 0.1) is 0 Å². The Morgan fingerprint density at radius 2 is 1.79 bits per heavy atom. The second-order valence-corrected chi connectivity index (χ2v) is 12.7. The number of halogens is 1. The maximum atomic E-state index is 14.4. The molecule has 3 atom stereocenters. The van der Waals surface area contributed by atoms with Crippen LogP contribution >= 0.6 is 11.6 Å². The number of nitrogens with one attached hydrogen (secondary N) is 1. The topological polar surface area (TPSA) is 109 Å². The normalized spacial score (nSPS) is 24.0. The molecule has 6 rings (SSSR count). The zero-order chi connectivity index (χ0) is 32.9. The number of nitrogens with zero attached hydrogens (tertiary/aromatic N) is 5. The Hall–Kier alpha value is -4.16. The minimum Gasteiger partial charge on any atom is -0.508 e. The number of hydrazine groups is 1. The SMILES string of the molecule is C=CCN1CC(=O)N2[C@@H](Cc3ccc(O)cc3)C(=O)N(CC3=CC=C(Cl)C(N4CCOCC4)C3)C[C@@H]2N1C(=O)NCc1ccccc1. The number of phenolic OH excluding ortho intramolecular Hbond substituents is 1. The summed E-state index contributed by atoms with van der Waals surface area (Å²) in [7, 11) is 0. The van der Waals surface area contributed by atoms with Crippen LogP contribution < -0.4 is 5.32 Å². The van der Waals surface area contributed by atoms with Gasteiger partial charge in [0.15, 0.2) is 0 Å². The van der Waals surface area contributed by atoms with Crippen molar-refractivity contribution in [1.82, 2.24) is 30.0 Å². The number of fused-ring (bicyclic) bond motifs is 1. The molecular weight excluding hydrogens is 620 g/mol. The second-order valence-electron chi connectivity index (χ2n) is 12.3. The van der Waals surface area contributed by atoms with E-state index in [0.717, 1.165) is 34.8 Å². The first-order valence-corrected chi connectivity index (χ1v) is 16.4. The molecule has 0 aromatic heterocycles. The molecular formula is C35H41ClN6O5. The van der Waals surface area contributed by atoms with E-state index in [-0.39, 0.29) is 55.7 Å². The zero-order valence-corrected chi connectivity index (χ0v) is 27.1. The lowest BCUT2D eigenvalue weighted by Gasteiger charge is -2.55. The molecule has 47 heavy (non-hydrogen) atoms. The first-order chi connectivity index (χ1) is 22.8. The molecule has 3 fully saturated rings. The van der Waals surface area contributed by atoms with Gasteiger partial charge in [0.25, 0.3) is 0 Å². The summed E-state index contributed by atoms with van der Waals surface area (Å²) in [6.45, 7) is 7.72. The molecule has 3 heterocycles. The summed E-state index contributed by atoms with van der Waals surface area (Å²) in [6.07, 6.45) is 5.71. The molecule has 2 aromatic carbocycles. The van der Waals surface area contributed by atoms with Crippen molar-refractivity contribution >= 4 is 29.4 Å². The van der Waals surface area contributed by atoms with E-state index in [1.165, 1.54) is 0 Å². The number of morpholine rings is 1. The Balaban J connectivity index is 1.30.